The minimum absolute atomic E-state index is 0.325. The topological polar surface area (TPSA) is 124 Å². The van der Waals surface area contributed by atoms with Crippen LogP contribution in [0.5, 0.6) is 0 Å². The SMILES string of the molecule is [B]c1ccc2nc(N(I)C3=NC(c4ccccc4C)C(C(=O)Nc4ccc(/C(N=C)=N/NC)cn4)=C(C)N3I)oc2c1. The number of halogens is 2. The maximum atomic E-state index is 13.9. The number of pyridine rings is 1. The molecule has 1 aliphatic rings. The quantitative estimate of drug-likeness (QED) is 0.0724. The van der Waals surface area contributed by atoms with E-state index < -0.39 is 6.04 Å². The van der Waals surface area contributed by atoms with Gasteiger partial charge in [0, 0.05) is 24.5 Å². The lowest BCUT2D eigenvalue weighted by Crippen LogP contribution is -2.39. The lowest BCUT2D eigenvalue weighted by Gasteiger charge is -2.33. The molecule has 3 heterocycles. The molecule has 1 amide bonds. The molecule has 0 fully saturated rings. The predicted octanol–water partition coefficient (Wildman–Crippen LogP) is 4.74. The van der Waals surface area contributed by atoms with E-state index in [1.165, 1.54) is 0 Å². The van der Waals surface area contributed by atoms with E-state index in [4.69, 9.17) is 17.3 Å². The fourth-order valence-corrected chi connectivity index (χ4v) is 5.96. The van der Waals surface area contributed by atoms with Crippen LogP contribution in [0.4, 0.5) is 11.8 Å². The number of aryl methyl sites for hydroxylation is 1. The summed E-state index contributed by atoms with van der Waals surface area (Å²) >= 11 is 4.23. The van der Waals surface area contributed by atoms with Crippen LogP contribution in [0.25, 0.3) is 11.1 Å². The van der Waals surface area contributed by atoms with Crippen LogP contribution in [0, 0.1) is 6.92 Å². The number of carbonyl (C=O) groups is 1. The van der Waals surface area contributed by atoms with Gasteiger partial charge in [-0.1, -0.05) is 35.8 Å². The Bertz CT molecular complexity index is 1770. The number of hydrazone groups is 1. The Morgan fingerprint density at radius 2 is 1.98 bits per heavy atom. The highest BCUT2D eigenvalue weighted by Crippen LogP contribution is 2.39. The third-order valence-corrected chi connectivity index (χ3v) is 8.48. The van der Waals surface area contributed by atoms with Crippen LogP contribution in [0.1, 0.15) is 29.7 Å². The van der Waals surface area contributed by atoms with E-state index in [-0.39, 0.29) is 5.91 Å². The molecule has 2 aromatic heterocycles. The largest absolute Gasteiger partial charge is 0.423 e. The predicted molar refractivity (Wildman–Crippen MR) is 184 cm³/mol. The standard InChI is InChI=1S/C28H24BI2N9O2/c1-15-7-5-6-8-19(15)24-23(26(41)36-22-12-9-17(14-34-22)25(32-3)38-33-4)16(2)39(30)27(37-24)40(31)28-35-20-11-10-18(29)13-21(20)42-28/h5-14,24,33H,3H2,1-2,4H3,(H,34,36,41)/b38-25-. The number of benzene rings is 2. The van der Waals surface area contributed by atoms with Crippen molar-refractivity contribution in [2.24, 2.45) is 15.1 Å². The average Bonchev–Trinajstić information content (AvgIpc) is 3.41. The average molecular weight is 783 g/mol. The number of anilines is 2. The van der Waals surface area contributed by atoms with Gasteiger partial charge in [-0.3, -0.25) is 7.91 Å². The van der Waals surface area contributed by atoms with Crippen LogP contribution in [0.2, 0.25) is 0 Å². The molecule has 0 bridgehead atoms. The van der Waals surface area contributed by atoms with Crippen molar-refractivity contribution in [1.82, 2.24) is 18.5 Å². The highest BCUT2D eigenvalue weighted by molar-refractivity contribution is 14.1. The molecule has 11 nitrogen and oxygen atoms in total. The van der Waals surface area contributed by atoms with E-state index in [0.717, 1.165) is 11.1 Å². The zero-order chi connectivity index (χ0) is 30.0. The Labute approximate surface area is 271 Å². The first-order valence-electron chi connectivity index (χ1n) is 12.6. The van der Waals surface area contributed by atoms with Gasteiger partial charge in [0.15, 0.2) is 11.4 Å². The molecule has 1 unspecified atom stereocenters. The number of aliphatic imine (C=N–C) groups is 2. The number of fused-ring (bicyclic) bond motifs is 1. The van der Waals surface area contributed by atoms with Crippen LogP contribution >= 0.6 is 45.7 Å². The molecule has 14 heteroatoms. The van der Waals surface area contributed by atoms with Crippen LogP contribution < -0.4 is 19.3 Å². The first-order valence-corrected chi connectivity index (χ1v) is 14.6. The summed E-state index contributed by atoms with van der Waals surface area (Å²) in [5.74, 6) is 0.973. The third-order valence-electron chi connectivity index (χ3n) is 6.48. The highest BCUT2D eigenvalue weighted by Gasteiger charge is 2.36. The Morgan fingerprint density at radius 3 is 2.67 bits per heavy atom. The molecule has 2 aromatic carbocycles. The minimum Gasteiger partial charge on any atom is -0.423 e. The van der Waals surface area contributed by atoms with Crippen molar-refractivity contribution in [1.29, 1.82) is 0 Å². The van der Waals surface area contributed by atoms with Crippen molar-refractivity contribution >= 4 is 106 Å². The second-order valence-corrected chi connectivity index (χ2v) is 11.1. The van der Waals surface area contributed by atoms with E-state index in [0.29, 0.717) is 57.0 Å². The zero-order valence-electron chi connectivity index (χ0n) is 22.8. The highest BCUT2D eigenvalue weighted by atomic mass is 127. The Balaban J connectivity index is 1.51. The monoisotopic (exact) mass is 783 g/mol. The van der Waals surface area contributed by atoms with Crippen LogP contribution in [0.3, 0.4) is 0 Å². The van der Waals surface area contributed by atoms with Gasteiger partial charge in [0.2, 0.25) is 5.96 Å². The van der Waals surface area contributed by atoms with Crippen molar-refractivity contribution in [2.75, 3.05) is 15.5 Å². The third kappa shape index (κ3) is 5.90. The van der Waals surface area contributed by atoms with Crippen molar-refractivity contribution in [2.45, 2.75) is 19.9 Å². The van der Waals surface area contributed by atoms with Gasteiger partial charge in [-0.15, -0.1) is 0 Å². The van der Waals surface area contributed by atoms with E-state index in [2.05, 4.69) is 83.3 Å². The zero-order valence-corrected chi connectivity index (χ0v) is 27.2. The van der Waals surface area contributed by atoms with Crippen molar-refractivity contribution < 1.29 is 9.21 Å². The summed E-state index contributed by atoms with van der Waals surface area (Å²) in [4.78, 5) is 31.8. The maximum absolute atomic E-state index is 13.9. The van der Waals surface area contributed by atoms with E-state index >= 15 is 0 Å². The number of amidine groups is 1. The van der Waals surface area contributed by atoms with E-state index in [1.807, 2.05) is 41.2 Å². The molecule has 210 valence electrons. The Hall–Kier alpha value is -3.80. The number of allylic oxidation sites excluding steroid dienone is 1. The lowest BCUT2D eigenvalue weighted by molar-refractivity contribution is -0.113. The number of hydrogen-bond donors (Lipinski definition) is 2. The smallest absolute Gasteiger partial charge is 0.314 e. The number of nitrogens with zero attached hydrogens (tertiary/aromatic N) is 7. The number of rotatable bonds is 6. The number of amides is 1. The molecule has 1 atom stereocenters. The van der Waals surface area contributed by atoms with Gasteiger partial charge in [-0.2, -0.15) is 10.1 Å². The van der Waals surface area contributed by atoms with Gasteiger partial charge in [-0.25, -0.2) is 18.1 Å². The molecular formula is C28H24BI2N9O2. The molecule has 0 spiro atoms. The Morgan fingerprint density at radius 1 is 1.19 bits per heavy atom. The molecule has 0 saturated carbocycles. The van der Waals surface area contributed by atoms with Gasteiger partial charge in [0.05, 0.1) is 51.3 Å². The second-order valence-electron chi connectivity index (χ2n) is 9.18. The summed E-state index contributed by atoms with van der Waals surface area (Å²) in [6.45, 7) is 7.42. The molecule has 42 heavy (non-hydrogen) atoms. The summed E-state index contributed by atoms with van der Waals surface area (Å²) in [5.41, 5.74) is 8.23. The number of guanidine groups is 1. The fraction of sp³-hybridized carbons (Fsp3) is 0.143. The fourth-order valence-electron chi connectivity index (χ4n) is 4.40. The summed E-state index contributed by atoms with van der Waals surface area (Å²) < 4.78 is 9.54. The van der Waals surface area contributed by atoms with Crippen molar-refractivity contribution in [3.05, 3.63) is 88.8 Å². The van der Waals surface area contributed by atoms with Gasteiger partial charge in [0.1, 0.15) is 25.2 Å². The summed E-state index contributed by atoms with van der Waals surface area (Å²) in [6.07, 6.45) is 1.57. The lowest BCUT2D eigenvalue weighted by atomic mass is 9.92. The van der Waals surface area contributed by atoms with Gasteiger partial charge in [-0.05, 0) is 56.0 Å². The Kier molecular flexibility index (Phi) is 8.91. The summed E-state index contributed by atoms with van der Waals surface area (Å²) in [7, 11) is 7.60. The molecular weight excluding hydrogens is 759 g/mol. The molecule has 1 aliphatic heterocycles. The van der Waals surface area contributed by atoms with E-state index in [1.54, 1.807) is 46.7 Å². The van der Waals surface area contributed by atoms with Crippen LogP contribution in [-0.4, -0.2) is 52.4 Å². The normalized spacial score (nSPS) is 15.5. The summed E-state index contributed by atoms with van der Waals surface area (Å²) in [5, 5.41) is 7.00. The molecule has 0 aliphatic carbocycles. The molecule has 2 N–H and O–H groups in total. The number of aromatic nitrogens is 2. The molecule has 2 radical (unpaired) electrons. The van der Waals surface area contributed by atoms with Gasteiger partial charge >= 0.3 is 6.01 Å². The number of nitrogens with one attached hydrogen (secondary N) is 2. The first-order chi connectivity index (χ1) is 20.2. The van der Waals surface area contributed by atoms with Crippen LogP contribution in [-0.2, 0) is 4.79 Å². The summed E-state index contributed by atoms with van der Waals surface area (Å²) in [6, 6.07) is 16.3. The van der Waals surface area contributed by atoms with Gasteiger partial charge < -0.3 is 15.2 Å². The molecule has 4 aromatic rings. The maximum Gasteiger partial charge on any atom is 0.314 e. The van der Waals surface area contributed by atoms with E-state index in [9.17, 15) is 4.79 Å². The molecule has 5 rings (SSSR count). The minimum atomic E-state index is -0.608. The van der Waals surface area contributed by atoms with Gasteiger partial charge in [0.25, 0.3) is 5.91 Å². The number of carbonyl (C=O) groups excluding carboxylic acids is 1. The van der Waals surface area contributed by atoms with Crippen molar-refractivity contribution in [3.63, 3.8) is 0 Å². The first kappa shape index (κ1) is 29.7. The molecule has 0 saturated heterocycles. The van der Waals surface area contributed by atoms with Crippen molar-refractivity contribution in [3.8, 4) is 0 Å². The number of oxazole rings is 1. The second kappa shape index (κ2) is 12.6. The number of hydrogen-bond acceptors (Lipinski definition) is 9. The van der Waals surface area contributed by atoms with Crippen LogP contribution in [0.15, 0.2) is 91.6 Å².